The highest BCUT2D eigenvalue weighted by Gasteiger charge is 2.16. The molecule has 0 fully saturated rings. The molecule has 1 unspecified atom stereocenters. The SMILES string of the molecule is CCC(NC(=O)c1ccccc1Br)c1ccc(OC)c(C)c1. The van der Waals surface area contributed by atoms with Crippen molar-refractivity contribution in [2.75, 3.05) is 7.11 Å². The van der Waals surface area contributed by atoms with E-state index in [4.69, 9.17) is 4.74 Å². The average molecular weight is 362 g/mol. The Labute approximate surface area is 139 Å². The van der Waals surface area contributed by atoms with Crippen molar-refractivity contribution in [3.05, 3.63) is 63.6 Å². The van der Waals surface area contributed by atoms with Gasteiger partial charge in [0.25, 0.3) is 5.91 Å². The lowest BCUT2D eigenvalue weighted by Gasteiger charge is -2.19. The van der Waals surface area contributed by atoms with E-state index in [-0.39, 0.29) is 11.9 Å². The first-order chi connectivity index (χ1) is 10.6. The first kappa shape index (κ1) is 16.6. The zero-order chi connectivity index (χ0) is 16.1. The van der Waals surface area contributed by atoms with Gasteiger partial charge in [0.1, 0.15) is 5.75 Å². The molecule has 22 heavy (non-hydrogen) atoms. The number of methoxy groups -OCH3 is 1. The van der Waals surface area contributed by atoms with Crippen molar-refractivity contribution in [2.24, 2.45) is 0 Å². The smallest absolute Gasteiger partial charge is 0.252 e. The van der Waals surface area contributed by atoms with Gasteiger partial charge in [-0.05, 0) is 58.6 Å². The van der Waals surface area contributed by atoms with Gasteiger partial charge in [-0.3, -0.25) is 4.79 Å². The third-order valence-corrected chi connectivity index (χ3v) is 4.34. The Morgan fingerprint density at radius 3 is 2.59 bits per heavy atom. The van der Waals surface area contributed by atoms with Crippen LogP contribution < -0.4 is 10.1 Å². The molecule has 0 radical (unpaired) electrons. The second-order valence-corrected chi connectivity index (χ2v) is 6.00. The maximum Gasteiger partial charge on any atom is 0.252 e. The molecule has 116 valence electrons. The summed E-state index contributed by atoms with van der Waals surface area (Å²) in [6.45, 7) is 4.06. The van der Waals surface area contributed by atoms with Crippen molar-refractivity contribution in [1.29, 1.82) is 0 Å². The molecule has 2 rings (SSSR count). The summed E-state index contributed by atoms with van der Waals surface area (Å²) in [5, 5.41) is 3.10. The highest BCUT2D eigenvalue weighted by Crippen LogP contribution is 2.25. The van der Waals surface area contributed by atoms with E-state index in [1.54, 1.807) is 7.11 Å². The number of carbonyl (C=O) groups excluding carboxylic acids is 1. The van der Waals surface area contributed by atoms with Crippen LogP contribution in [0.2, 0.25) is 0 Å². The van der Waals surface area contributed by atoms with Crippen LogP contribution in [-0.2, 0) is 0 Å². The van der Waals surface area contributed by atoms with Crippen molar-refractivity contribution < 1.29 is 9.53 Å². The molecule has 1 amide bonds. The third kappa shape index (κ3) is 3.69. The molecule has 3 nitrogen and oxygen atoms in total. The third-order valence-electron chi connectivity index (χ3n) is 3.65. The van der Waals surface area contributed by atoms with Gasteiger partial charge in [0.2, 0.25) is 0 Å². The van der Waals surface area contributed by atoms with Crippen molar-refractivity contribution in [1.82, 2.24) is 5.32 Å². The molecule has 1 N–H and O–H groups in total. The van der Waals surface area contributed by atoms with Gasteiger partial charge in [0, 0.05) is 4.47 Å². The van der Waals surface area contributed by atoms with E-state index in [2.05, 4.69) is 34.2 Å². The summed E-state index contributed by atoms with van der Waals surface area (Å²) in [6, 6.07) is 13.4. The first-order valence-corrected chi connectivity index (χ1v) is 8.06. The van der Waals surface area contributed by atoms with Crippen LogP contribution in [0.15, 0.2) is 46.9 Å². The number of amides is 1. The van der Waals surface area contributed by atoms with Gasteiger partial charge in [-0.2, -0.15) is 0 Å². The highest BCUT2D eigenvalue weighted by molar-refractivity contribution is 9.10. The van der Waals surface area contributed by atoms with Crippen LogP contribution in [0.1, 0.15) is 40.9 Å². The van der Waals surface area contributed by atoms with Gasteiger partial charge < -0.3 is 10.1 Å². The zero-order valence-electron chi connectivity index (χ0n) is 13.0. The lowest BCUT2D eigenvalue weighted by atomic mass is 10.0. The normalized spacial score (nSPS) is 11.8. The molecule has 1 atom stereocenters. The van der Waals surface area contributed by atoms with Gasteiger partial charge in [-0.15, -0.1) is 0 Å². The topological polar surface area (TPSA) is 38.3 Å². The van der Waals surface area contributed by atoms with Crippen molar-refractivity contribution in [2.45, 2.75) is 26.3 Å². The second-order valence-electron chi connectivity index (χ2n) is 5.14. The minimum absolute atomic E-state index is 0.0239. The van der Waals surface area contributed by atoms with Crippen LogP contribution >= 0.6 is 15.9 Å². The van der Waals surface area contributed by atoms with E-state index in [0.29, 0.717) is 5.56 Å². The Morgan fingerprint density at radius 2 is 2.00 bits per heavy atom. The Morgan fingerprint density at radius 1 is 1.27 bits per heavy atom. The average Bonchev–Trinajstić information content (AvgIpc) is 2.52. The van der Waals surface area contributed by atoms with Crippen LogP contribution in [0, 0.1) is 6.92 Å². The van der Waals surface area contributed by atoms with Crippen LogP contribution in [0.25, 0.3) is 0 Å². The fourth-order valence-corrected chi connectivity index (χ4v) is 2.89. The Hall–Kier alpha value is -1.81. The van der Waals surface area contributed by atoms with Crippen molar-refractivity contribution >= 4 is 21.8 Å². The molecule has 0 saturated heterocycles. The molecule has 2 aromatic carbocycles. The number of rotatable bonds is 5. The Balaban J connectivity index is 2.21. The number of carbonyl (C=O) groups is 1. The molecule has 0 heterocycles. The maximum atomic E-state index is 12.5. The molecule has 0 aliphatic carbocycles. The van der Waals surface area contributed by atoms with Crippen LogP contribution in [0.5, 0.6) is 5.75 Å². The van der Waals surface area contributed by atoms with E-state index in [1.165, 1.54) is 0 Å². The van der Waals surface area contributed by atoms with Crippen molar-refractivity contribution in [3.63, 3.8) is 0 Å². The molecule has 0 saturated carbocycles. The number of hydrogen-bond donors (Lipinski definition) is 1. The minimum atomic E-state index is -0.0761. The summed E-state index contributed by atoms with van der Waals surface area (Å²) in [7, 11) is 1.66. The predicted molar refractivity (Wildman–Crippen MR) is 92.4 cm³/mol. The largest absolute Gasteiger partial charge is 0.496 e. The fourth-order valence-electron chi connectivity index (χ4n) is 2.42. The molecule has 0 aliphatic heterocycles. The van der Waals surface area contributed by atoms with Gasteiger partial charge in [0.15, 0.2) is 0 Å². The molecular weight excluding hydrogens is 342 g/mol. The van der Waals surface area contributed by atoms with Gasteiger partial charge in [0.05, 0.1) is 18.7 Å². The first-order valence-electron chi connectivity index (χ1n) is 7.26. The van der Waals surface area contributed by atoms with Crippen molar-refractivity contribution in [3.8, 4) is 5.75 Å². The minimum Gasteiger partial charge on any atom is -0.496 e. The molecule has 0 aliphatic rings. The summed E-state index contributed by atoms with van der Waals surface area (Å²) in [5.74, 6) is 0.781. The summed E-state index contributed by atoms with van der Waals surface area (Å²) >= 11 is 3.42. The van der Waals surface area contributed by atoms with E-state index >= 15 is 0 Å². The van der Waals surface area contributed by atoms with E-state index in [0.717, 1.165) is 27.8 Å². The van der Waals surface area contributed by atoms with Crippen LogP contribution in [0.3, 0.4) is 0 Å². The second kappa shape index (κ2) is 7.45. The number of nitrogens with one attached hydrogen (secondary N) is 1. The molecule has 0 spiro atoms. The number of hydrogen-bond acceptors (Lipinski definition) is 2. The summed E-state index contributed by atoms with van der Waals surface area (Å²) in [4.78, 5) is 12.5. The zero-order valence-corrected chi connectivity index (χ0v) is 14.6. The molecule has 2 aromatic rings. The fraction of sp³-hybridized carbons (Fsp3) is 0.278. The van der Waals surface area contributed by atoms with Gasteiger partial charge in [-0.1, -0.05) is 31.2 Å². The van der Waals surface area contributed by atoms with Crippen LogP contribution in [-0.4, -0.2) is 13.0 Å². The quantitative estimate of drug-likeness (QED) is 0.841. The maximum absolute atomic E-state index is 12.5. The lowest BCUT2D eigenvalue weighted by Crippen LogP contribution is -2.28. The molecular formula is C18H20BrNO2. The van der Waals surface area contributed by atoms with E-state index in [1.807, 2.05) is 43.3 Å². The number of ether oxygens (including phenoxy) is 1. The highest BCUT2D eigenvalue weighted by atomic mass is 79.9. The predicted octanol–water partition coefficient (Wildman–Crippen LogP) is 4.65. The molecule has 0 bridgehead atoms. The summed E-state index contributed by atoms with van der Waals surface area (Å²) in [5.41, 5.74) is 2.79. The van der Waals surface area contributed by atoms with Gasteiger partial charge >= 0.3 is 0 Å². The Kier molecular flexibility index (Phi) is 5.61. The Bertz CT molecular complexity index is 670. The number of halogens is 1. The van der Waals surface area contributed by atoms with Crippen LogP contribution in [0.4, 0.5) is 0 Å². The molecule has 0 aromatic heterocycles. The number of benzene rings is 2. The summed E-state index contributed by atoms with van der Waals surface area (Å²) < 4.78 is 6.09. The summed E-state index contributed by atoms with van der Waals surface area (Å²) in [6.07, 6.45) is 0.821. The lowest BCUT2D eigenvalue weighted by molar-refractivity contribution is 0.0935. The standard InChI is InChI=1S/C18H20BrNO2/c1-4-16(13-9-10-17(22-3)12(2)11-13)20-18(21)14-7-5-6-8-15(14)19/h5-11,16H,4H2,1-3H3,(H,20,21). The van der Waals surface area contributed by atoms with E-state index < -0.39 is 0 Å². The number of aryl methyl sites for hydroxylation is 1. The van der Waals surface area contributed by atoms with Gasteiger partial charge in [-0.25, -0.2) is 0 Å². The molecule has 4 heteroatoms. The monoisotopic (exact) mass is 361 g/mol. The van der Waals surface area contributed by atoms with E-state index in [9.17, 15) is 4.79 Å².